The Labute approximate surface area is 267 Å². The maximum Gasteiger partial charge on any atom is 0.337 e. The molecule has 232 valence electrons. The number of benzene rings is 3. The van der Waals surface area contributed by atoms with Crippen LogP contribution in [-0.2, 0) is 6.54 Å². The van der Waals surface area contributed by atoms with Crippen molar-refractivity contribution in [2.75, 3.05) is 18.4 Å². The molecular weight excluding hydrogens is 596 g/mol. The number of amides is 1. The summed E-state index contributed by atoms with van der Waals surface area (Å²) in [6.45, 7) is 2.18. The average molecular weight is 625 g/mol. The molecule has 4 heterocycles. The standard InChI is InChI=1S/C35H28N8O4/c36-19-30-31-32(43(40-30)27-6-3-5-24(18-27)22-12-15-37-16-13-22)33(45)42(35(47)39-31)34(46)38-26-10-8-23(9-11-26)29-7-2-1-4-25(29)20-41-17-14-28(44)21-41/h1-13,15-16,18,28,44H,14,17,20-21H2,(H,38,46)(H,39,47). The molecule has 1 atom stereocenters. The van der Waals surface area contributed by atoms with Crippen LogP contribution in [0.25, 0.3) is 39.0 Å². The Kier molecular flexibility index (Phi) is 7.75. The molecule has 3 N–H and O–H groups in total. The molecular formula is C35H28N8O4. The molecule has 0 radical (unpaired) electrons. The molecule has 1 unspecified atom stereocenters. The Hall–Kier alpha value is -6.16. The highest BCUT2D eigenvalue weighted by Crippen LogP contribution is 2.28. The first-order valence-corrected chi connectivity index (χ1v) is 15.0. The van der Waals surface area contributed by atoms with Gasteiger partial charge in [0.2, 0.25) is 0 Å². The maximum atomic E-state index is 13.8. The van der Waals surface area contributed by atoms with Crippen LogP contribution < -0.4 is 16.6 Å². The number of pyridine rings is 1. The van der Waals surface area contributed by atoms with E-state index in [1.165, 1.54) is 4.68 Å². The lowest BCUT2D eigenvalue weighted by molar-refractivity contribution is 0.175. The van der Waals surface area contributed by atoms with E-state index in [0.29, 0.717) is 29.0 Å². The predicted molar refractivity (Wildman–Crippen MR) is 176 cm³/mol. The molecule has 3 aromatic heterocycles. The van der Waals surface area contributed by atoms with Gasteiger partial charge in [-0.05, 0) is 70.6 Å². The van der Waals surface area contributed by atoms with Gasteiger partial charge in [0.25, 0.3) is 5.56 Å². The van der Waals surface area contributed by atoms with Gasteiger partial charge < -0.3 is 15.4 Å². The predicted octanol–water partition coefficient (Wildman–Crippen LogP) is 4.12. The van der Waals surface area contributed by atoms with Crippen LogP contribution in [0.4, 0.5) is 10.5 Å². The van der Waals surface area contributed by atoms with Gasteiger partial charge >= 0.3 is 11.7 Å². The Bertz CT molecular complexity index is 2280. The largest absolute Gasteiger partial charge is 0.392 e. The van der Waals surface area contributed by atoms with E-state index in [1.54, 1.807) is 42.7 Å². The number of likely N-dealkylation sites (tertiary alicyclic amines) is 1. The van der Waals surface area contributed by atoms with Crippen molar-refractivity contribution in [1.82, 2.24) is 29.2 Å². The zero-order valence-corrected chi connectivity index (χ0v) is 25.0. The van der Waals surface area contributed by atoms with Gasteiger partial charge in [-0.2, -0.15) is 14.9 Å². The fraction of sp³-hybridized carbons (Fsp3) is 0.143. The number of nitrogens with zero attached hydrogens (tertiary/aromatic N) is 6. The van der Waals surface area contributed by atoms with Gasteiger partial charge in [-0.3, -0.25) is 14.7 Å². The van der Waals surface area contributed by atoms with E-state index in [0.717, 1.165) is 40.8 Å². The van der Waals surface area contributed by atoms with E-state index < -0.39 is 17.3 Å². The van der Waals surface area contributed by atoms with Crippen molar-refractivity contribution in [3.05, 3.63) is 129 Å². The Morgan fingerprint density at radius 2 is 1.77 bits per heavy atom. The van der Waals surface area contributed by atoms with E-state index in [4.69, 9.17) is 0 Å². The third kappa shape index (κ3) is 5.72. The average Bonchev–Trinajstić information content (AvgIpc) is 3.68. The summed E-state index contributed by atoms with van der Waals surface area (Å²) >= 11 is 0. The number of hydrogen-bond acceptors (Lipinski definition) is 8. The number of aromatic amines is 1. The molecule has 0 aliphatic carbocycles. The van der Waals surface area contributed by atoms with E-state index >= 15 is 0 Å². The number of carbonyl (C=O) groups is 1. The number of H-pyrrole nitrogens is 1. The first kappa shape index (κ1) is 29.5. The highest BCUT2D eigenvalue weighted by molar-refractivity contribution is 5.93. The normalized spacial score (nSPS) is 14.7. The Morgan fingerprint density at radius 1 is 0.979 bits per heavy atom. The molecule has 1 aliphatic rings. The van der Waals surface area contributed by atoms with E-state index in [1.807, 2.05) is 54.6 Å². The first-order valence-electron chi connectivity index (χ1n) is 15.0. The number of anilines is 1. The van der Waals surface area contributed by atoms with E-state index in [9.17, 15) is 24.8 Å². The summed E-state index contributed by atoms with van der Waals surface area (Å²) in [7, 11) is 0. The third-order valence-corrected chi connectivity index (χ3v) is 8.25. The molecule has 0 spiro atoms. The molecule has 12 heteroatoms. The lowest BCUT2D eigenvalue weighted by Crippen LogP contribution is -2.42. The first-order chi connectivity index (χ1) is 22.9. The number of aromatic nitrogens is 5. The Morgan fingerprint density at radius 3 is 2.51 bits per heavy atom. The van der Waals surface area contributed by atoms with Crippen LogP contribution in [0.3, 0.4) is 0 Å². The number of aliphatic hydroxyl groups excluding tert-OH is 1. The third-order valence-electron chi connectivity index (χ3n) is 8.25. The lowest BCUT2D eigenvalue weighted by atomic mass is 9.99. The van der Waals surface area contributed by atoms with E-state index in [-0.39, 0.29) is 22.8 Å². The van der Waals surface area contributed by atoms with Crippen LogP contribution in [0.2, 0.25) is 0 Å². The summed E-state index contributed by atoms with van der Waals surface area (Å²) in [5.74, 6) is 0. The van der Waals surface area contributed by atoms with Gasteiger partial charge in [0, 0.05) is 37.7 Å². The number of nitrogens with one attached hydrogen (secondary N) is 2. The number of nitriles is 1. The van der Waals surface area contributed by atoms with Crippen molar-refractivity contribution in [1.29, 1.82) is 5.26 Å². The van der Waals surface area contributed by atoms with Crippen LogP contribution in [0.5, 0.6) is 0 Å². The monoisotopic (exact) mass is 624 g/mol. The van der Waals surface area contributed by atoms with Gasteiger partial charge in [0.05, 0.1) is 11.8 Å². The number of fused-ring (bicyclic) bond motifs is 1. The molecule has 1 fully saturated rings. The van der Waals surface area contributed by atoms with Gasteiger partial charge in [-0.15, -0.1) is 0 Å². The molecule has 6 aromatic rings. The fourth-order valence-electron chi connectivity index (χ4n) is 5.96. The summed E-state index contributed by atoms with van der Waals surface area (Å²) < 4.78 is 1.72. The maximum absolute atomic E-state index is 13.8. The van der Waals surface area contributed by atoms with Gasteiger partial charge in [-0.1, -0.05) is 48.5 Å². The minimum absolute atomic E-state index is 0.0627. The summed E-state index contributed by atoms with van der Waals surface area (Å²) in [5.41, 5.74) is 3.32. The van der Waals surface area contributed by atoms with E-state index in [2.05, 4.69) is 31.3 Å². The quantitative estimate of drug-likeness (QED) is 0.249. The summed E-state index contributed by atoms with van der Waals surface area (Å²) in [4.78, 5) is 49.0. The topological polar surface area (TPSA) is 162 Å². The zero-order valence-electron chi connectivity index (χ0n) is 25.0. The zero-order chi connectivity index (χ0) is 32.5. The van der Waals surface area contributed by atoms with Gasteiger partial charge in [0.1, 0.15) is 11.6 Å². The second-order valence-corrected chi connectivity index (χ2v) is 11.3. The molecule has 1 aliphatic heterocycles. The molecule has 47 heavy (non-hydrogen) atoms. The van der Waals surface area contributed by atoms with Gasteiger partial charge in [0.15, 0.2) is 11.2 Å². The molecule has 1 amide bonds. The van der Waals surface area contributed by atoms with Crippen molar-refractivity contribution >= 4 is 22.8 Å². The molecule has 1 saturated heterocycles. The lowest BCUT2D eigenvalue weighted by Gasteiger charge is -2.18. The molecule has 3 aromatic carbocycles. The number of hydrogen-bond donors (Lipinski definition) is 3. The Balaban J connectivity index is 1.19. The van der Waals surface area contributed by atoms with Crippen molar-refractivity contribution in [3.8, 4) is 34.0 Å². The number of rotatable bonds is 6. The van der Waals surface area contributed by atoms with Crippen LogP contribution in [-0.4, -0.2) is 59.5 Å². The van der Waals surface area contributed by atoms with Crippen LogP contribution in [0.15, 0.2) is 107 Å². The smallest absolute Gasteiger partial charge is 0.337 e. The van der Waals surface area contributed by atoms with Crippen molar-refractivity contribution < 1.29 is 9.90 Å². The van der Waals surface area contributed by atoms with Crippen LogP contribution >= 0.6 is 0 Å². The highest BCUT2D eigenvalue weighted by Gasteiger charge is 2.23. The summed E-state index contributed by atoms with van der Waals surface area (Å²) in [6.07, 6.45) is 3.78. The second kappa shape index (κ2) is 12.3. The SMILES string of the molecule is N#Cc1nn(-c2cccc(-c3ccncc3)c2)c2c(=O)n(C(=O)Nc3ccc(-c4ccccc4CN4CCC(O)C4)cc3)c(=O)[nH]c12. The molecule has 7 rings (SSSR count). The molecule has 0 saturated carbocycles. The fourth-order valence-corrected chi connectivity index (χ4v) is 5.96. The van der Waals surface area contributed by atoms with Gasteiger partial charge in [-0.25, -0.2) is 14.3 Å². The highest BCUT2D eigenvalue weighted by atomic mass is 16.3. The van der Waals surface area contributed by atoms with Crippen LogP contribution in [0, 0.1) is 11.3 Å². The summed E-state index contributed by atoms with van der Waals surface area (Å²) in [5, 5.41) is 26.6. The molecule has 12 nitrogen and oxygen atoms in total. The van der Waals surface area contributed by atoms with Crippen molar-refractivity contribution in [3.63, 3.8) is 0 Å². The number of carbonyl (C=O) groups excluding carboxylic acids is 1. The number of aliphatic hydroxyl groups is 1. The minimum atomic E-state index is -1.00. The summed E-state index contributed by atoms with van der Waals surface area (Å²) in [6, 6.07) is 26.9. The molecule has 0 bridgehead atoms. The van der Waals surface area contributed by atoms with Crippen molar-refractivity contribution in [2.24, 2.45) is 0 Å². The number of β-amino-alcohol motifs (C(OH)–C–C–N with tert-alkyl or cyclic N) is 1. The van der Waals surface area contributed by atoms with Crippen molar-refractivity contribution in [2.45, 2.75) is 19.1 Å². The second-order valence-electron chi connectivity index (χ2n) is 11.3. The minimum Gasteiger partial charge on any atom is -0.392 e. The van der Waals surface area contributed by atoms with Crippen LogP contribution in [0.1, 0.15) is 17.7 Å².